The van der Waals surface area contributed by atoms with Crippen molar-refractivity contribution in [2.45, 2.75) is 51.1 Å². The third-order valence-electron chi connectivity index (χ3n) is 7.29. The molecule has 4 aliphatic rings. The molecule has 1 unspecified atom stereocenters. The van der Waals surface area contributed by atoms with Crippen LogP contribution in [0.25, 0.3) is 5.57 Å². The molecule has 2 saturated carbocycles. The standard InChI is InChI=1S/C19H20F2O2/c1-17-7-6-13-12-4-3-11(22)8-10(12)2-5-14(13)18(17)15(9-16(17)23)19(18,20)21/h3-4,8,15-16,22-23H,2,5-7,9H2,1H3/t15-,16+,17+,18?/m0/s1. The minimum absolute atomic E-state index is 0.225. The highest BCUT2D eigenvalue weighted by molar-refractivity contribution is 5.78. The highest BCUT2D eigenvalue weighted by atomic mass is 19.3. The van der Waals surface area contributed by atoms with Crippen LogP contribution < -0.4 is 0 Å². The normalized spacial score (nSPS) is 42.6. The monoisotopic (exact) mass is 318 g/mol. The third kappa shape index (κ3) is 1.28. The Labute approximate surface area is 133 Å². The molecule has 4 atom stereocenters. The van der Waals surface area contributed by atoms with Gasteiger partial charge in [0.15, 0.2) is 0 Å². The lowest BCUT2D eigenvalue weighted by Crippen LogP contribution is -2.45. The second-order valence-electron chi connectivity index (χ2n) is 7.95. The molecule has 0 heterocycles. The Bertz CT molecular complexity index is 769. The number of alkyl halides is 2. The van der Waals surface area contributed by atoms with E-state index < -0.39 is 28.8 Å². The number of phenolic OH excluding ortho intramolecular Hbond substituents is 1. The maximum Gasteiger partial charge on any atom is 0.262 e. The lowest BCUT2D eigenvalue weighted by molar-refractivity contribution is -0.0664. The predicted octanol–water partition coefficient (Wildman–Crippen LogP) is 3.91. The highest BCUT2D eigenvalue weighted by Gasteiger charge is 2.91. The Morgan fingerprint density at radius 1 is 1.17 bits per heavy atom. The van der Waals surface area contributed by atoms with E-state index in [1.54, 1.807) is 12.1 Å². The van der Waals surface area contributed by atoms with Crippen LogP contribution in [0.3, 0.4) is 0 Å². The van der Waals surface area contributed by atoms with Gasteiger partial charge in [0, 0.05) is 11.3 Å². The lowest BCUT2D eigenvalue weighted by atomic mass is 9.58. The van der Waals surface area contributed by atoms with Gasteiger partial charge in [-0.05, 0) is 60.9 Å². The Kier molecular flexibility index (Phi) is 2.31. The zero-order valence-electron chi connectivity index (χ0n) is 13.1. The van der Waals surface area contributed by atoms with Crippen molar-refractivity contribution in [3.05, 3.63) is 34.9 Å². The van der Waals surface area contributed by atoms with Crippen molar-refractivity contribution >= 4 is 5.57 Å². The van der Waals surface area contributed by atoms with E-state index in [1.807, 2.05) is 13.0 Å². The summed E-state index contributed by atoms with van der Waals surface area (Å²) < 4.78 is 29.6. The first kappa shape index (κ1) is 14.0. The molecule has 2 N–H and O–H groups in total. The largest absolute Gasteiger partial charge is 0.508 e. The molecule has 122 valence electrons. The van der Waals surface area contributed by atoms with Gasteiger partial charge in [0.05, 0.1) is 11.5 Å². The van der Waals surface area contributed by atoms with Crippen LogP contribution in [-0.2, 0) is 6.42 Å². The van der Waals surface area contributed by atoms with Crippen LogP contribution in [0.4, 0.5) is 8.78 Å². The summed E-state index contributed by atoms with van der Waals surface area (Å²) in [6.07, 6.45) is 2.27. The van der Waals surface area contributed by atoms with Crippen LogP contribution in [0.5, 0.6) is 5.75 Å². The molecule has 0 aliphatic heterocycles. The Balaban J connectivity index is 1.75. The van der Waals surface area contributed by atoms with Gasteiger partial charge >= 0.3 is 0 Å². The Morgan fingerprint density at radius 3 is 2.74 bits per heavy atom. The first-order valence-electron chi connectivity index (χ1n) is 8.44. The number of aryl methyl sites for hydroxylation is 1. The molecule has 0 saturated heterocycles. The topological polar surface area (TPSA) is 40.5 Å². The molecule has 5 rings (SSSR count). The molecular formula is C19H20F2O2. The molecule has 1 aromatic carbocycles. The number of halogens is 2. The second-order valence-corrected chi connectivity index (χ2v) is 7.95. The van der Waals surface area contributed by atoms with Crippen LogP contribution in [0.2, 0.25) is 0 Å². The molecule has 2 nitrogen and oxygen atoms in total. The van der Waals surface area contributed by atoms with Gasteiger partial charge in [0.2, 0.25) is 0 Å². The van der Waals surface area contributed by atoms with Crippen molar-refractivity contribution in [2.24, 2.45) is 16.7 Å². The fourth-order valence-electron chi connectivity index (χ4n) is 6.20. The van der Waals surface area contributed by atoms with E-state index in [0.29, 0.717) is 19.3 Å². The van der Waals surface area contributed by atoms with Crippen molar-refractivity contribution in [3.63, 3.8) is 0 Å². The number of fused-ring (bicyclic) bond motifs is 2. The Morgan fingerprint density at radius 2 is 1.96 bits per heavy atom. The zero-order chi connectivity index (χ0) is 16.2. The second kappa shape index (κ2) is 3.80. The predicted molar refractivity (Wildman–Crippen MR) is 82.2 cm³/mol. The molecule has 0 aromatic heterocycles. The SMILES string of the molecule is C[C@]12CCC3=C(CCc4cc(O)ccc43)C13[C@H](C[C@H]2O)C3(F)F. The summed E-state index contributed by atoms with van der Waals surface area (Å²) in [7, 11) is 0. The van der Waals surface area contributed by atoms with E-state index in [2.05, 4.69) is 0 Å². The van der Waals surface area contributed by atoms with E-state index in [4.69, 9.17) is 0 Å². The van der Waals surface area contributed by atoms with Crippen molar-refractivity contribution in [3.8, 4) is 5.75 Å². The van der Waals surface area contributed by atoms with Crippen LogP contribution in [0.15, 0.2) is 23.8 Å². The van der Waals surface area contributed by atoms with Crippen LogP contribution >= 0.6 is 0 Å². The van der Waals surface area contributed by atoms with E-state index in [1.165, 1.54) is 0 Å². The highest BCUT2D eigenvalue weighted by Crippen LogP contribution is 2.86. The summed E-state index contributed by atoms with van der Waals surface area (Å²) in [6.45, 7) is 1.87. The van der Waals surface area contributed by atoms with Gasteiger partial charge in [-0.3, -0.25) is 0 Å². The molecule has 0 radical (unpaired) electrons. The van der Waals surface area contributed by atoms with Gasteiger partial charge in [-0.2, -0.15) is 0 Å². The zero-order valence-corrected chi connectivity index (χ0v) is 13.1. The van der Waals surface area contributed by atoms with Crippen molar-refractivity contribution in [1.82, 2.24) is 0 Å². The summed E-state index contributed by atoms with van der Waals surface area (Å²) in [6, 6.07) is 5.28. The third-order valence-corrected chi connectivity index (χ3v) is 7.29. The van der Waals surface area contributed by atoms with Gasteiger partial charge in [-0.1, -0.05) is 18.6 Å². The molecule has 0 bridgehead atoms. The van der Waals surface area contributed by atoms with Crippen molar-refractivity contribution in [1.29, 1.82) is 0 Å². The van der Waals surface area contributed by atoms with Gasteiger partial charge in [-0.25, -0.2) is 8.78 Å². The van der Waals surface area contributed by atoms with Gasteiger partial charge in [-0.15, -0.1) is 0 Å². The van der Waals surface area contributed by atoms with Crippen LogP contribution in [0, 0.1) is 16.7 Å². The van der Waals surface area contributed by atoms with Gasteiger partial charge < -0.3 is 10.2 Å². The average Bonchev–Trinajstić information content (AvgIpc) is 2.85. The quantitative estimate of drug-likeness (QED) is 0.761. The number of benzene rings is 1. The molecule has 23 heavy (non-hydrogen) atoms. The molecule has 1 aromatic rings. The number of allylic oxidation sites excluding steroid dienone is 2. The number of aromatic hydroxyl groups is 1. The minimum Gasteiger partial charge on any atom is -0.508 e. The maximum absolute atomic E-state index is 14.8. The molecule has 0 amide bonds. The number of aliphatic hydroxyl groups is 1. The average molecular weight is 318 g/mol. The molecule has 2 fully saturated rings. The fraction of sp³-hybridized carbons (Fsp3) is 0.579. The number of hydrogen-bond donors (Lipinski definition) is 2. The van der Waals surface area contributed by atoms with Crippen molar-refractivity contribution in [2.75, 3.05) is 0 Å². The summed E-state index contributed by atoms with van der Waals surface area (Å²) in [5.41, 5.74) is 2.22. The minimum atomic E-state index is -2.68. The van der Waals surface area contributed by atoms with E-state index >= 15 is 0 Å². The summed E-state index contributed by atoms with van der Waals surface area (Å²) >= 11 is 0. The molecule has 4 aliphatic carbocycles. The van der Waals surface area contributed by atoms with Crippen LogP contribution in [0.1, 0.15) is 43.7 Å². The summed E-state index contributed by atoms with van der Waals surface area (Å²) in [5.74, 6) is -3.15. The first-order chi connectivity index (χ1) is 10.8. The fourth-order valence-corrected chi connectivity index (χ4v) is 6.20. The smallest absolute Gasteiger partial charge is 0.262 e. The van der Waals surface area contributed by atoms with E-state index in [0.717, 1.165) is 28.7 Å². The first-order valence-corrected chi connectivity index (χ1v) is 8.44. The Hall–Kier alpha value is -1.42. The summed E-state index contributed by atoms with van der Waals surface area (Å²) in [5, 5.41) is 20.1. The maximum atomic E-state index is 14.8. The lowest BCUT2D eigenvalue weighted by Gasteiger charge is -2.46. The van der Waals surface area contributed by atoms with E-state index in [-0.39, 0.29) is 12.2 Å². The number of rotatable bonds is 0. The number of hydrogen-bond acceptors (Lipinski definition) is 2. The number of phenols is 1. The molecular weight excluding hydrogens is 298 g/mol. The van der Waals surface area contributed by atoms with Gasteiger partial charge in [0.25, 0.3) is 5.92 Å². The van der Waals surface area contributed by atoms with Gasteiger partial charge in [0.1, 0.15) is 5.75 Å². The van der Waals surface area contributed by atoms with Crippen LogP contribution in [-0.4, -0.2) is 22.2 Å². The molecule has 1 spiro atoms. The number of aliphatic hydroxyl groups excluding tert-OH is 1. The van der Waals surface area contributed by atoms with E-state index in [9.17, 15) is 19.0 Å². The van der Waals surface area contributed by atoms with Crippen molar-refractivity contribution < 1.29 is 19.0 Å². The summed E-state index contributed by atoms with van der Waals surface area (Å²) in [4.78, 5) is 0. The molecule has 4 heteroatoms.